The monoisotopic (exact) mass is 313 g/mol. The van der Waals surface area contributed by atoms with E-state index < -0.39 is 0 Å². The summed E-state index contributed by atoms with van der Waals surface area (Å²) in [4.78, 5) is 0. The maximum absolute atomic E-state index is 13.2. The van der Waals surface area contributed by atoms with Crippen molar-refractivity contribution in [3.05, 3.63) is 34.4 Å². The minimum atomic E-state index is -0.348. The molecule has 0 spiro atoms. The van der Waals surface area contributed by atoms with Crippen LogP contribution in [0.1, 0.15) is 19.7 Å². The highest BCUT2D eigenvalue weighted by atomic mass is 79.9. The summed E-state index contributed by atoms with van der Waals surface area (Å²) >= 11 is 3.22. The van der Waals surface area contributed by atoms with Crippen LogP contribution in [0.2, 0.25) is 0 Å². The van der Waals surface area contributed by atoms with E-state index in [1.165, 1.54) is 12.1 Å². The Kier molecular flexibility index (Phi) is 4.08. The van der Waals surface area contributed by atoms with Crippen LogP contribution in [0.5, 0.6) is 0 Å². The van der Waals surface area contributed by atoms with Gasteiger partial charge in [-0.15, -0.1) is 10.2 Å². The SMILES string of the molecule is CC(C)NCc1nnc(-c2cc(F)cc(Br)c2)o1. The Morgan fingerprint density at radius 3 is 2.78 bits per heavy atom. The summed E-state index contributed by atoms with van der Waals surface area (Å²) in [5.41, 5.74) is 0.560. The summed E-state index contributed by atoms with van der Waals surface area (Å²) < 4.78 is 19.3. The minimum Gasteiger partial charge on any atom is -0.419 e. The summed E-state index contributed by atoms with van der Waals surface area (Å²) in [6, 6.07) is 4.80. The molecule has 1 N–H and O–H groups in total. The molecule has 2 rings (SSSR count). The third-order valence-corrected chi connectivity index (χ3v) is 2.70. The molecule has 0 fully saturated rings. The number of nitrogens with zero attached hydrogens (tertiary/aromatic N) is 2. The summed E-state index contributed by atoms with van der Waals surface area (Å²) in [6.45, 7) is 4.56. The van der Waals surface area contributed by atoms with Crippen molar-refractivity contribution in [3.8, 4) is 11.5 Å². The van der Waals surface area contributed by atoms with Crippen LogP contribution < -0.4 is 5.32 Å². The second-order valence-electron chi connectivity index (χ2n) is 4.19. The van der Waals surface area contributed by atoms with Crippen LogP contribution >= 0.6 is 15.9 Å². The molecule has 2 aromatic rings. The van der Waals surface area contributed by atoms with Crippen molar-refractivity contribution in [2.45, 2.75) is 26.4 Å². The lowest BCUT2D eigenvalue weighted by Crippen LogP contribution is -2.21. The third-order valence-electron chi connectivity index (χ3n) is 2.24. The van der Waals surface area contributed by atoms with Crippen LogP contribution in [0, 0.1) is 5.82 Å². The first-order valence-corrected chi connectivity index (χ1v) is 6.36. The van der Waals surface area contributed by atoms with Gasteiger partial charge in [-0.2, -0.15) is 0 Å². The average Bonchev–Trinajstić information content (AvgIpc) is 2.73. The normalized spacial score (nSPS) is 11.2. The zero-order chi connectivity index (χ0) is 13.1. The molecule has 1 heterocycles. The summed E-state index contributed by atoms with van der Waals surface area (Å²) in [7, 11) is 0. The highest BCUT2D eigenvalue weighted by molar-refractivity contribution is 9.10. The fraction of sp³-hybridized carbons (Fsp3) is 0.333. The average molecular weight is 314 g/mol. The van der Waals surface area contributed by atoms with E-state index in [0.29, 0.717) is 34.4 Å². The largest absolute Gasteiger partial charge is 0.419 e. The molecule has 0 aliphatic rings. The number of aromatic nitrogens is 2. The molecule has 0 aliphatic carbocycles. The van der Waals surface area contributed by atoms with Crippen molar-refractivity contribution in [2.24, 2.45) is 0 Å². The van der Waals surface area contributed by atoms with Gasteiger partial charge in [0.15, 0.2) is 0 Å². The first kappa shape index (κ1) is 13.2. The van der Waals surface area contributed by atoms with E-state index in [1.54, 1.807) is 6.07 Å². The lowest BCUT2D eigenvalue weighted by Gasteiger charge is -2.03. The summed E-state index contributed by atoms with van der Waals surface area (Å²) in [6.07, 6.45) is 0. The van der Waals surface area contributed by atoms with Crippen LogP contribution in [0.3, 0.4) is 0 Å². The number of benzene rings is 1. The maximum atomic E-state index is 13.2. The molecule has 0 saturated carbocycles. The zero-order valence-corrected chi connectivity index (χ0v) is 11.7. The molecule has 1 aromatic heterocycles. The zero-order valence-electron chi connectivity index (χ0n) is 10.1. The Bertz CT molecular complexity index is 522. The van der Waals surface area contributed by atoms with E-state index >= 15 is 0 Å². The molecule has 0 bridgehead atoms. The van der Waals surface area contributed by atoms with Crippen LogP contribution in [0.25, 0.3) is 11.5 Å². The maximum Gasteiger partial charge on any atom is 0.247 e. The molecule has 6 heteroatoms. The van der Waals surface area contributed by atoms with E-state index in [0.717, 1.165) is 0 Å². The van der Waals surface area contributed by atoms with Crippen LogP contribution in [-0.4, -0.2) is 16.2 Å². The van der Waals surface area contributed by atoms with Gasteiger partial charge in [0.25, 0.3) is 0 Å². The van der Waals surface area contributed by atoms with Crippen LogP contribution in [0.4, 0.5) is 4.39 Å². The van der Waals surface area contributed by atoms with Gasteiger partial charge >= 0.3 is 0 Å². The molecule has 4 nitrogen and oxygen atoms in total. The van der Waals surface area contributed by atoms with Gasteiger partial charge in [-0.25, -0.2) is 4.39 Å². The van der Waals surface area contributed by atoms with E-state index in [4.69, 9.17) is 4.42 Å². The lowest BCUT2D eigenvalue weighted by atomic mass is 10.2. The van der Waals surface area contributed by atoms with Crippen molar-refractivity contribution in [1.29, 1.82) is 0 Å². The van der Waals surface area contributed by atoms with Crippen molar-refractivity contribution >= 4 is 15.9 Å². The van der Waals surface area contributed by atoms with E-state index in [9.17, 15) is 4.39 Å². The Labute approximate surface area is 113 Å². The molecular weight excluding hydrogens is 301 g/mol. The van der Waals surface area contributed by atoms with Gasteiger partial charge in [-0.3, -0.25) is 0 Å². The number of nitrogens with one attached hydrogen (secondary N) is 1. The second-order valence-corrected chi connectivity index (χ2v) is 5.11. The van der Waals surface area contributed by atoms with Crippen molar-refractivity contribution in [2.75, 3.05) is 0 Å². The Morgan fingerprint density at radius 2 is 2.11 bits per heavy atom. The first-order valence-electron chi connectivity index (χ1n) is 5.57. The van der Waals surface area contributed by atoms with Gasteiger partial charge in [-0.05, 0) is 18.2 Å². The molecule has 96 valence electrons. The van der Waals surface area contributed by atoms with Crippen molar-refractivity contribution in [3.63, 3.8) is 0 Å². The van der Waals surface area contributed by atoms with Crippen LogP contribution in [0.15, 0.2) is 27.1 Å². The molecule has 18 heavy (non-hydrogen) atoms. The van der Waals surface area contributed by atoms with Crippen molar-refractivity contribution in [1.82, 2.24) is 15.5 Å². The Hall–Kier alpha value is -1.27. The predicted molar refractivity (Wildman–Crippen MR) is 69.4 cm³/mol. The molecular formula is C12H13BrFN3O. The molecule has 0 atom stereocenters. The van der Waals surface area contributed by atoms with Crippen molar-refractivity contribution < 1.29 is 8.81 Å². The molecule has 0 unspecified atom stereocenters. The highest BCUT2D eigenvalue weighted by Gasteiger charge is 2.10. The molecule has 0 aliphatic heterocycles. The highest BCUT2D eigenvalue weighted by Crippen LogP contribution is 2.23. The summed E-state index contributed by atoms with van der Waals surface area (Å²) in [5.74, 6) is 0.453. The molecule has 0 radical (unpaired) electrons. The molecule has 1 aromatic carbocycles. The number of rotatable bonds is 4. The Balaban J connectivity index is 2.18. The lowest BCUT2D eigenvalue weighted by molar-refractivity contribution is 0.458. The second kappa shape index (κ2) is 5.58. The third kappa shape index (κ3) is 3.36. The van der Waals surface area contributed by atoms with E-state index in [1.807, 2.05) is 13.8 Å². The molecule has 0 amide bonds. The van der Waals surface area contributed by atoms with E-state index in [-0.39, 0.29) is 5.82 Å². The summed E-state index contributed by atoms with van der Waals surface area (Å²) in [5, 5.41) is 11.0. The van der Waals surface area contributed by atoms with Gasteiger partial charge in [0.05, 0.1) is 6.54 Å². The van der Waals surface area contributed by atoms with Gasteiger partial charge < -0.3 is 9.73 Å². The fourth-order valence-corrected chi connectivity index (χ4v) is 1.88. The smallest absolute Gasteiger partial charge is 0.247 e. The quantitative estimate of drug-likeness (QED) is 0.942. The molecule has 0 saturated heterocycles. The standard InChI is InChI=1S/C12H13BrFN3O/c1-7(2)15-6-11-16-17-12(18-11)8-3-9(13)5-10(14)4-8/h3-5,7,15H,6H2,1-2H3. The first-order chi connectivity index (χ1) is 8.54. The van der Waals surface area contributed by atoms with Gasteiger partial charge in [0.2, 0.25) is 11.8 Å². The van der Waals surface area contributed by atoms with Gasteiger partial charge in [0, 0.05) is 16.1 Å². The number of halogens is 2. The van der Waals surface area contributed by atoms with Crippen LogP contribution in [-0.2, 0) is 6.54 Å². The van der Waals surface area contributed by atoms with Gasteiger partial charge in [-0.1, -0.05) is 29.8 Å². The topological polar surface area (TPSA) is 51.0 Å². The van der Waals surface area contributed by atoms with Gasteiger partial charge in [0.1, 0.15) is 5.82 Å². The Morgan fingerprint density at radius 1 is 1.33 bits per heavy atom. The minimum absolute atomic E-state index is 0.316. The number of hydrogen-bond donors (Lipinski definition) is 1. The van der Waals surface area contributed by atoms with E-state index in [2.05, 4.69) is 31.4 Å². The predicted octanol–water partition coefficient (Wildman–Crippen LogP) is 3.14. The number of hydrogen-bond acceptors (Lipinski definition) is 4. The fourth-order valence-electron chi connectivity index (χ4n) is 1.41.